The Hall–Kier alpha value is -0.830. The van der Waals surface area contributed by atoms with Crippen LogP contribution in [0.1, 0.15) is 39.0 Å². The Morgan fingerprint density at radius 2 is 2.13 bits per heavy atom. The molecule has 1 saturated carbocycles. The molecule has 3 heteroatoms. The first kappa shape index (κ1) is 10.7. The zero-order valence-corrected chi connectivity index (χ0v) is 9.58. The number of hydrogen-bond donors (Lipinski definition) is 1. The molecule has 0 unspecified atom stereocenters. The third-order valence-electron chi connectivity index (χ3n) is 3.41. The van der Waals surface area contributed by atoms with Gasteiger partial charge in [-0.2, -0.15) is 5.10 Å². The van der Waals surface area contributed by atoms with Crippen LogP contribution in [0, 0.1) is 0 Å². The molecule has 1 aromatic heterocycles. The van der Waals surface area contributed by atoms with Crippen molar-refractivity contribution >= 4 is 0 Å². The monoisotopic (exact) mass is 207 g/mol. The van der Waals surface area contributed by atoms with Crippen LogP contribution in [0.5, 0.6) is 0 Å². The van der Waals surface area contributed by atoms with Crippen molar-refractivity contribution in [2.24, 2.45) is 0 Å². The summed E-state index contributed by atoms with van der Waals surface area (Å²) in [5, 5.41) is 7.87. The van der Waals surface area contributed by atoms with E-state index in [4.69, 9.17) is 0 Å². The Morgan fingerprint density at radius 3 is 2.80 bits per heavy atom. The van der Waals surface area contributed by atoms with Crippen LogP contribution in [0.25, 0.3) is 0 Å². The molecular formula is C12H21N3. The van der Waals surface area contributed by atoms with Crippen LogP contribution < -0.4 is 5.32 Å². The van der Waals surface area contributed by atoms with Gasteiger partial charge >= 0.3 is 0 Å². The smallest absolute Gasteiger partial charge is 0.0534 e. The van der Waals surface area contributed by atoms with Gasteiger partial charge in [0.05, 0.1) is 6.54 Å². The Kier molecular flexibility index (Phi) is 3.41. The van der Waals surface area contributed by atoms with Gasteiger partial charge in [0.15, 0.2) is 0 Å². The molecule has 2 rings (SSSR count). The van der Waals surface area contributed by atoms with Gasteiger partial charge in [0.2, 0.25) is 0 Å². The van der Waals surface area contributed by atoms with E-state index in [1.165, 1.54) is 32.1 Å². The van der Waals surface area contributed by atoms with Crippen LogP contribution in [-0.4, -0.2) is 21.9 Å². The van der Waals surface area contributed by atoms with E-state index in [0.29, 0.717) is 5.54 Å². The minimum atomic E-state index is 0.380. The van der Waals surface area contributed by atoms with Gasteiger partial charge in [-0.3, -0.25) is 4.68 Å². The normalized spacial score (nSPS) is 20.3. The van der Waals surface area contributed by atoms with Crippen LogP contribution in [0.4, 0.5) is 0 Å². The molecule has 0 radical (unpaired) electrons. The molecule has 1 N–H and O–H groups in total. The second-order valence-corrected chi connectivity index (χ2v) is 4.82. The predicted octanol–water partition coefficient (Wildman–Crippen LogP) is 2.20. The molecule has 1 aliphatic carbocycles. The maximum atomic E-state index is 4.20. The van der Waals surface area contributed by atoms with Gasteiger partial charge in [0.1, 0.15) is 0 Å². The maximum Gasteiger partial charge on any atom is 0.0534 e. The molecule has 0 saturated heterocycles. The highest BCUT2D eigenvalue weighted by atomic mass is 15.3. The van der Waals surface area contributed by atoms with Gasteiger partial charge in [0.25, 0.3) is 0 Å². The minimum Gasteiger partial charge on any atom is -0.310 e. The fraction of sp³-hybridized carbons (Fsp3) is 0.750. The Morgan fingerprint density at radius 1 is 1.33 bits per heavy atom. The largest absolute Gasteiger partial charge is 0.310 e. The van der Waals surface area contributed by atoms with Crippen molar-refractivity contribution in [2.45, 2.75) is 51.1 Å². The van der Waals surface area contributed by atoms with Crippen LogP contribution in [0.2, 0.25) is 0 Å². The van der Waals surface area contributed by atoms with Crippen molar-refractivity contribution in [3.63, 3.8) is 0 Å². The average molecular weight is 207 g/mol. The lowest BCUT2D eigenvalue weighted by Crippen LogP contribution is -2.45. The third kappa shape index (κ3) is 3.06. The second kappa shape index (κ2) is 4.79. The van der Waals surface area contributed by atoms with E-state index < -0.39 is 0 Å². The molecule has 0 aromatic carbocycles. The van der Waals surface area contributed by atoms with E-state index in [-0.39, 0.29) is 0 Å². The zero-order valence-electron chi connectivity index (χ0n) is 9.58. The highest BCUT2D eigenvalue weighted by Gasteiger charge is 2.25. The average Bonchev–Trinajstić information content (AvgIpc) is 2.71. The first-order valence-corrected chi connectivity index (χ1v) is 6.01. The molecule has 0 aliphatic heterocycles. The fourth-order valence-corrected chi connectivity index (χ4v) is 2.41. The molecule has 0 amide bonds. The number of nitrogens with one attached hydrogen (secondary N) is 1. The molecule has 0 bridgehead atoms. The number of nitrogens with zero attached hydrogens (tertiary/aromatic N) is 2. The van der Waals surface area contributed by atoms with E-state index in [9.17, 15) is 0 Å². The van der Waals surface area contributed by atoms with Crippen LogP contribution in [0.15, 0.2) is 18.5 Å². The van der Waals surface area contributed by atoms with Crippen molar-refractivity contribution in [3.8, 4) is 0 Å². The Bertz CT molecular complexity index is 273. The SMILES string of the molecule is CC1(NCCn2cccn2)CCCCC1. The molecule has 0 atom stereocenters. The van der Waals surface area contributed by atoms with E-state index in [2.05, 4.69) is 17.3 Å². The van der Waals surface area contributed by atoms with Gasteiger partial charge in [-0.05, 0) is 25.8 Å². The molecular weight excluding hydrogens is 186 g/mol. The van der Waals surface area contributed by atoms with Crippen molar-refractivity contribution < 1.29 is 0 Å². The quantitative estimate of drug-likeness (QED) is 0.820. The highest BCUT2D eigenvalue weighted by Crippen LogP contribution is 2.27. The fourth-order valence-electron chi connectivity index (χ4n) is 2.41. The third-order valence-corrected chi connectivity index (χ3v) is 3.41. The van der Waals surface area contributed by atoms with E-state index in [1.807, 2.05) is 23.1 Å². The first-order valence-electron chi connectivity index (χ1n) is 6.01. The van der Waals surface area contributed by atoms with Gasteiger partial charge in [0, 0.05) is 24.5 Å². The van der Waals surface area contributed by atoms with Gasteiger partial charge in [-0.1, -0.05) is 19.3 Å². The van der Waals surface area contributed by atoms with Gasteiger partial charge < -0.3 is 5.32 Å². The molecule has 1 aromatic rings. The lowest BCUT2D eigenvalue weighted by atomic mass is 9.83. The standard InChI is InChI=1S/C12H21N3/c1-12(6-3-2-4-7-12)13-9-11-15-10-5-8-14-15/h5,8,10,13H,2-4,6-7,9,11H2,1H3. The van der Waals surface area contributed by atoms with Gasteiger partial charge in [-0.25, -0.2) is 0 Å². The molecule has 0 spiro atoms. The molecule has 1 heterocycles. The van der Waals surface area contributed by atoms with Crippen LogP contribution in [0.3, 0.4) is 0 Å². The summed E-state index contributed by atoms with van der Waals surface area (Å²) in [5.41, 5.74) is 0.380. The van der Waals surface area contributed by atoms with Crippen LogP contribution >= 0.6 is 0 Å². The molecule has 84 valence electrons. The Balaban J connectivity index is 1.72. The van der Waals surface area contributed by atoms with E-state index in [0.717, 1.165) is 13.1 Å². The number of rotatable bonds is 4. The lowest BCUT2D eigenvalue weighted by Gasteiger charge is -2.34. The van der Waals surface area contributed by atoms with Crippen molar-refractivity contribution in [3.05, 3.63) is 18.5 Å². The topological polar surface area (TPSA) is 29.9 Å². The van der Waals surface area contributed by atoms with E-state index >= 15 is 0 Å². The zero-order chi connectivity index (χ0) is 10.6. The molecule has 3 nitrogen and oxygen atoms in total. The van der Waals surface area contributed by atoms with Crippen molar-refractivity contribution in [2.75, 3.05) is 6.54 Å². The van der Waals surface area contributed by atoms with Gasteiger partial charge in [-0.15, -0.1) is 0 Å². The summed E-state index contributed by atoms with van der Waals surface area (Å²) in [6, 6.07) is 1.97. The summed E-state index contributed by atoms with van der Waals surface area (Å²) in [6.45, 7) is 4.36. The summed E-state index contributed by atoms with van der Waals surface area (Å²) in [6.07, 6.45) is 10.7. The summed E-state index contributed by atoms with van der Waals surface area (Å²) >= 11 is 0. The van der Waals surface area contributed by atoms with Crippen LogP contribution in [-0.2, 0) is 6.54 Å². The molecule has 15 heavy (non-hydrogen) atoms. The number of aromatic nitrogens is 2. The second-order valence-electron chi connectivity index (χ2n) is 4.82. The van der Waals surface area contributed by atoms with E-state index in [1.54, 1.807) is 0 Å². The summed E-state index contributed by atoms with van der Waals surface area (Å²) < 4.78 is 1.99. The minimum absolute atomic E-state index is 0.380. The molecule has 1 fully saturated rings. The first-order chi connectivity index (χ1) is 7.29. The molecule has 1 aliphatic rings. The summed E-state index contributed by atoms with van der Waals surface area (Å²) in [4.78, 5) is 0. The maximum absolute atomic E-state index is 4.20. The van der Waals surface area contributed by atoms with Crippen molar-refractivity contribution in [1.29, 1.82) is 0 Å². The Labute approximate surface area is 91.9 Å². The number of hydrogen-bond acceptors (Lipinski definition) is 2. The van der Waals surface area contributed by atoms with Crippen molar-refractivity contribution in [1.82, 2.24) is 15.1 Å². The lowest BCUT2D eigenvalue weighted by molar-refractivity contribution is 0.250. The summed E-state index contributed by atoms with van der Waals surface area (Å²) in [5.74, 6) is 0. The predicted molar refractivity (Wildman–Crippen MR) is 61.7 cm³/mol. The highest BCUT2D eigenvalue weighted by molar-refractivity contribution is 4.86. The summed E-state index contributed by atoms with van der Waals surface area (Å²) in [7, 11) is 0.